The van der Waals surface area contributed by atoms with Crippen molar-refractivity contribution in [1.29, 1.82) is 0 Å². The van der Waals surface area contributed by atoms with E-state index in [-0.39, 0.29) is 11.8 Å². The minimum atomic E-state index is -0.877. The summed E-state index contributed by atoms with van der Waals surface area (Å²) in [5.41, 5.74) is 4.79. The number of hydrogen-bond acceptors (Lipinski definition) is 2. The first-order valence-corrected chi connectivity index (χ1v) is 10.4. The molecule has 0 aromatic heterocycles. The highest BCUT2D eigenvalue weighted by Crippen LogP contribution is 2.49. The van der Waals surface area contributed by atoms with Gasteiger partial charge in [0, 0.05) is 18.8 Å². The highest BCUT2D eigenvalue weighted by Gasteiger charge is 2.58. The fourth-order valence-corrected chi connectivity index (χ4v) is 4.27. The molecule has 1 heterocycles. The lowest BCUT2D eigenvalue weighted by Gasteiger charge is -2.31. The second-order valence-corrected chi connectivity index (χ2v) is 7.94. The topological polar surface area (TPSA) is 49.4 Å². The third-order valence-corrected chi connectivity index (χ3v) is 6.25. The number of anilines is 1. The molecule has 0 saturated heterocycles. The molecule has 1 fully saturated rings. The molecule has 1 saturated carbocycles. The second-order valence-electron chi connectivity index (χ2n) is 7.94. The quantitative estimate of drug-likeness (QED) is 0.798. The molecule has 28 heavy (non-hydrogen) atoms. The number of aryl methyl sites for hydroxylation is 2. The Morgan fingerprint density at radius 3 is 2.21 bits per heavy atom. The molecule has 0 bridgehead atoms. The van der Waals surface area contributed by atoms with Crippen molar-refractivity contribution in [3.8, 4) is 0 Å². The number of fused-ring (bicyclic) bond motifs is 1. The van der Waals surface area contributed by atoms with E-state index in [1.165, 1.54) is 11.1 Å². The molecular weight excluding hydrogens is 348 g/mol. The third kappa shape index (κ3) is 3.21. The molecule has 4 heteroatoms. The zero-order chi connectivity index (χ0) is 19.7. The van der Waals surface area contributed by atoms with E-state index in [1.54, 1.807) is 0 Å². The maximum atomic E-state index is 13.3. The Bertz CT molecular complexity index is 892. The van der Waals surface area contributed by atoms with Gasteiger partial charge in [0.05, 0.1) is 0 Å². The minimum Gasteiger partial charge on any atom is -0.337 e. The molecule has 4 nitrogen and oxygen atoms in total. The van der Waals surface area contributed by atoms with Crippen LogP contribution in [0.4, 0.5) is 5.69 Å². The lowest BCUT2D eigenvalue weighted by molar-refractivity contribution is -0.143. The Labute approximate surface area is 166 Å². The van der Waals surface area contributed by atoms with Gasteiger partial charge in [0.2, 0.25) is 11.8 Å². The number of benzene rings is 2. The lowest BCUT2D eigenvalue weighted by Crippen LogP contribution is -2.45. The lowest BCUT2D eigenvalue weighted by atomic mass is 9.96. The summed E-state index contributed by atoms with van der Waals surface area (Å²) in [6.45, 7) is 5.48. The summed E-state index contributed by atoms with van der Waals surface area (Å²) < 4.78 is 0. The van der Waals surface area contributed by atoms with E-state index < -0.39 is 5.41 Å². The minimum absolute atomic E-state index is 0.00784. The van der Waals surface area contributed by atoms with Crippen LogP contribution in [0.3, 0.4) is 0 Å². The first kappa shape index (κ1) is 18.7. The van der Waals surface area contributed by atoms with Gasteiger partial charge in [-0.05, 0) is 54.4 Å². The monoisotopic (exact) mass is 376 g/mol. The van der Waals surface area contributed by atoms with Gasteiger partial charge in [0.15, 0.2) is 0 Å². The summed E-state index contributed by atoms with van der Waals surface area (Å²) >= 11 is 0. The number of rotatable bonds is 5. The van der Waals surface area contributed by atoms with Gasteiger partial charge in [-0.15, -0.1) is 0 Å². The number of hydrogen-bond donors (Lipinski definition) is 1. The van der Waals surface area contributed by atoms with Gasteiger partial charge in [-0.2, -0.15) is 0 Å². The van der Waals surface area contributed by atoms with Crippen LogP contribution in [0, 0.1) is 5.41 Å². The molecule has 2 aromatic carbocycles. The summed E-state index contributed by atoms with van der Waals surface area (Å²) in [6.07, 6.45) is 3.86. The maximum Gasteiger partial charge on any atom is 0.240 e. The molecule has 1 aliphatic carbocycles. The van der Waals surface area contributed by atoms with Gasteiger partial charge < -0.3 is 10.2 Å². The predicted molar refractivity (Wildman–Crippen MR) is 111 cm³/mol. The second kappa shape index (κ2) is 7.42. The van der Waals surface area contributed by atoms with Gasteiger partial charge in [-0.1, -0.05) is 56.3 Å². The van der Waals surface area contributed by atoms with Crippen molar-refractivity contribution in [3.05, 3.63) is 64.7 Å². The van der Waals surface area contributed by atoms with Crippen molar-refractivity contribution >= 4 is 17.5 Å². The summed E-state index contributed by atoms with van der Waals surface area (Å²) in [5.74, 6) is -0.140. The molecule has 2 aliphatic rings. The highest BCUT2D eigenvalue weighted by molar-refractivity contribution is 6.13. The van der Waals surface area contributed by atoms with Crippen molar-refractivity contribution in [1.82, 2.24) is 4.90 Å². The number of nitrogens with one attached hydrogen (secondary N) is 1. The van der Waals surface area contributed by atoms with Crippen LogP contribution in [0.15, 0.2) is 42.5 Å². The number of carbonyl (C=O) groups excluding carboxylic acids is 2. The van der Waals surface area contributed by atoms with Crippen LogP contribution in [-0.4, -0.2) is 23.3 Å². The number of carbonyl (C=O) groups is 2. The summed E-state index contributed by atoms with van der Waals surface area (Å²) in [6, 6.07) is 14.4. The smallest absolute Gasteiger partial charge is 0.240 e. The van der Waals surface area contributed by atoms with Gasteiger partial charge in [0.1, 0.15) is 5.41 Å². The van der Waals surface area contributed by atoms with Crippen LogP contribution in [0.5, 0.6) is 0 Å². The Balaban J connectivity index is 1.53. The largest absolute Gasteiger partial charge is 0.337 e. The molecule has 4 rings (SSSR count). The Kier molecular flexibility index (Phi) is 4.96. The van der Waals surface area contributed by atoms with Gasteiger partial charge >= 0.3 is 0 Å². The summed E-state index contributed by atoms with van der Waals surface area (Å²) in [4.78, 5) is 28.4. The van der Waals surface area contributed by atoms with Gasteiger partial charge in [-0.3, -0.25) is 9.59 Å². The third-order valence-electron chi connectivity index (χ3n) is 6.25. The van der Waals surface area contributed by atoms with Crippen LogP contribution in [0.25, 0.3) is 0 Å². The summed E-state index contributed by atoms with van der Waals surface area (Å²) in [7, 11) is 0. The molecule has 1 aliphatic heterocycles. The normalized spacial score (nSPS) is 17.0. The molecule has 0 atom stereocenters. The average Bonchev–Trinajstić information content (AvgIpc) is 3.55. The van der Waals surface area contributed by atoms with E-state index in [9.17, 15) is 9.59 Å². The molecule has 0 spiro atoms. The molecule has 2 aromatic rings. The molecule has 2 amide bonds. The fourth-order valence-electron chi connectivity index (χ4n) is 4.27. The number of amides is 2. The maximum absolute atomic E-state index is 13.3. The van der Waals surface area contributed by atoms with Crippen LogP contribution >= 0.6 is 0 Å². The standard InChI is InChI=1S/C24H28N2O2/c1-3-17-10-7-11-18(4-2)21(17)25-22(27)24(13-14-24)23(28)26-15-12-19-8-5-6-9-20(19)16-26/h5-11H,3-4,12-16H2,1-2H3,(H,25,27). The van der Waals surface area contributed by atoms with Crippen molar-refractivity contribution in [2.75, 3.05) is 11.9 Å². The average molecular weight is 377 g/mol. The van der Waals surface area contributed by atoms with Crippen LogP contribution in [0.1, 0.15) is 48.9 Å². The molecule has 1 N–H and O–H groups in total. The van der Waals surface area contributed by atoms with Gasteiger partial charge in [-0.25, -0.2) is 0 Å². The van der Waals surface area contributed by atoms with Gasteiger partial charge in [0.25, 0.3) is 0 Å². The van der Waals surface area contributed by atoms with Crippen molar-refractivity contribution in [2.45, 2.75) is 52.5 Å². The van der Waals surface area contributed by atoms with Crippen molar-refractivity contribution < 1.29 is 9.59 Å². The van der Waals surface area contributed by atoms with E-state index in [4.69, 9.17) is 0 Å². The zero-order valence-electron chi connectivity index (χ0n) is 16.8. The molecule has 146 valence electrons. The van der Waals surface area contributed by atoms with E-state index >= 15 is 0 Å². The summed E-state index contributed by atoms with van der Waals surface area (Å²) in [5, 5.41) is 3.14. The van der Waals surface area contributed by atoms with Crippen LogP contribution < -0.4 is 5.32 Å². The van der Waals surface area contributed by atoms with Crippen molar-refractivity contribution in [3.63, 3.8) is 0 Å². The number of nitrogens with zero attached hydrogens (tertiary/aromatic N) is 1. The first-order chi connectivity index (χ1) is 13.6. The fraction of sp³-hybridized carbons (Fsp3) is 0.417. The number of para-hydroxylation sites is 1. The van der Waals surface area contributed by atoms with E-state index in [1.807, 2.05) is 23.1 Å². The zero-order valence-corrected chi connectivity index (χ0v) is 16.8. The van der Waals surface area contributed by atoms with E-state index in [2.05, 4.69) is 43.4 Å². The molecule has 0 unspecified atom stereocenters. The van der Waals surface area contributed by atoms with Crippen LogP contribution in [0.2, 0.25) is 0 Å². The van der Waals surface area contributed by atoms with E-state index in [0.717, 1.165) is 36.1 Å². The van der Waals surface area contributed by atoms with Crippen LogP contribution in [-0.2, 0) is 35.4 Å². The van der Waals surface area contributed by atoms with E-state index in [0.29, 0.717) is 25.9 Å². The predicted octanol–water partition coefficient (Wildman–Crippen LogP) is 4.12. The SMILES string of the molecule is CCc1cccc(CC)c1NC(=O)C1(C(=O)N2CCc3ccccc3C2)CC1. The molecule has 0 radical (unpaired) electrons. The first-order valence-electron chi connectivity index (χ1n) is 10.4. The Morgan fingerprint density at radius 2 is 1.61 bits per heavy atom. The Morgan fingerprint density at radius 1 is 0.964 bits per heavy atom. The highest BCUT2D eigenvalue weighted by atomic mass is 16.2. The van der Waals surface area contributed by atoms with Crippen molar-refractivity contribution in [2.24, 2.45) is 5.41 Å². The molecular formula is C24H28N2O2. The Hall–Kier alpha value is -2.62.